The summed E-state index contributed by atoms with van der Waals surface area (Å²) in [7, 11) is 2.07. The van der Waals surface area contributed by atoms with Crippen LogP contribution in [-0.4, -0.2) is 74.0 Å². The summed E-state index contributed by atoms with van der Waals surface area (Å²) in [6, 6.07) is 9.73. The van der Waals surface area contributed by atoms with Crippen LogP contribution in [0.25, 0.3) is 16.7 Å². The number of aromatic amines is 1. The van der Waals surface area contributed by atoms with E-state index in [0.717, 1.165) is 44.7 Å². The van der Waals surface area contributed by atoms with Gasteiger partial charge in [-0.3, -0.25) is 9.69 Å². The van der Waals surface area contributed by atoms with E-state index < -0.39 is 0 Å². The Morgan fingerprint density at radius 3 is 2.70 bits per heavy atom. The van der Waals surface area contributed by atoms with E-state index in [4.69, 9.17) is 4.98 Å². The van der Waals surface area contributed by atoms with Gasteiger partial charge in [0, 0.05) is 13.1 Å². The second-order valence-electron chi connectivity index (χ2n) is 8.43. The van der Waals surface area contributed by atoms with Gasteiger partial charge in [0.15, 0.2) is 5.65 Å². The Labute approximate surface area is 176 Å². The van der Waals surface area contributed by atoms with E-state index in [9.17, 15) is 9.90 Å². The average Bonchev–Trinajstić information content (AvgIpc) is 3.14. The first-order chi connectivity index (χ1) is 14.5. The number of para-hydroxylation sites is 1. The highest BCUT2D eigenvalue weighted by Gasteiger charge is 2.21. The number of nitrogens with one attached hydrogen (secondary N) is 1. The first-order valence-electron chi connectivity index (χ1n) is 10.6. The molecule has 1 atom stereocenters. The quantitative estimate of drug-likeness (QED) is 0.615. The summed E-state index contributed by atoms with van der Waals surface area (Å²) in [5, 5.41) is 14.4. The van der Waals surface area contributed by atoms with Gasteiger partial charge in [0.05, 0.1) is 24.5 Å². The molecular formula is C22H30N6O2. The van der Waals surface area contributed by atoms with Crippen molar-refractivity contribution in [3.63, 3.8) is 0 Å². The maximum atomic E-state index is 12.5. The Morgan fingerprint density at radius 1 is 1.27 bits per heavy atom. The maximum Gasteiger partial charge on any atom is 0.262 e. The average molecular weight is 411 g/mol. The largest absolute Gasteiger partial charge is 0.392 e. The molecule has 1 aromatic carbocycles. The fourth-order valence-electron chi connectivity index (χ4n) is 4.28. The Hall–Kier alpha value is -2.55. The summed E-state index contributed by atoms with van der Waals surface area (Å²) in [5.74, 6) is 1.27. The lowest BCUT2D eigenvalue weighted by Gasteiger charge is -2.34. The van der Waals surface area contributed by atoms with Gasteiger partial charge in [-0.05, 0) is 58.0 Å². The highest BCUT2D eigenvalue weighted by atomic mass is 16.3. The minimum absolute atomic E-state index is 0.156. The standard InChI is InChI=1S/C22H30N6O2/c1-16(29)13-27-10-8-17(9-11-27)14-26(2)15-20-24-21-19(22(30)25-20)12-23-28(21)18-6-4-3-5-7-18/h3-7,12,16-17,29H,8-11,13-15H2,1-2H3,(H,24,25,30). The van der Waals surface area contributed by atoms with E-state index in [1.54, 1.807) is 10.9 Å². The van der Waals surface area contributed by atoms with Gasteiger partial charge in [-0.2, -0.15) is 5.10 Å². The van der Waals surface area contributed by atoms with E-state index in [2.05, 4.69) is 26.9 Å². The number of rotatable bonds is 7. The van der Waals surface area contributed by atoms with Gasteiger partial charge in [-0.25, -0.2) is 9.67 Å². The molecule has 8 heteroatoms. The van der Waals surface area contributed by atoms with Crippen LogP contribution in [0.2, 0.25) is 0 Å². The lowest BCUT2D eigenvalue weighted by atomic mass is 9.96. The summed E-state index contributed by atoms with van der Waals surface area (Å²) >= 11 is 0. The number of piperidine rings is 1. The number of aliphatic hydroxyl groups excluding tert-OH is 1. The molecule has 1 unspecified atom stereocenters. The lowest BCUT2D eigenvalue weighted by Crippen LogP contribution is -2.40. The SMILES string of the molecule is CC(O)CN1CCC(CN(C)Cc2nc3c(cnn3-c3ccccc3)c(=O)[nH]2)CC1. The van der Waals surface area contributed by atoms with Gasteiger partial charge in [0.25, 0.3) is 5.56 Å². The second kappa shape index (κ2) is 9.07. The van der Waals surface area contributed by atoms with Crippen molar-refractivity contribution < 1.29 is 5.11 Å². The minimum Gasteiger partial charge on any atom is -0.392 e. The zero-order valence-electron chi connectivity index (χ0n) is 17.7. The molecule has 0 spiro atoms. The van der Waals surface area contributed by atoms with Gasteiger partial charge < -0.3 is 15.0 Å². The third-order valence-corrected chi connectivity index (χ3v) is 5.71. The first kappa shape index (κ1) is 20.7. The first-order valence-corrected chi connectivity index (χ1v) is 10.6. The van der Waals surface area contributed by atoms with E-state index in [-0.39, 0.29) is 11.7 Å². The van der Waals surface area contributed by atoms with Crippen molar-refractivity contribution >= 4 is 11.0 Å². The van der Waals surface area contributed by atoms with Crippen LogP contribution in [0.15, 0.2) is 41.3 Å². The maximum absolute atomic E-state index is 12.5. The number of aliphatic hydroxyl groups is 1. The minimum atomic E-state index is -0.272. The molecule has 3 aromatic rings. The van der Waals surface area contributed by atoms with Crippen molar-refractivity contribution in [2.75, 3.05) is 33.2 Å². The van der Waals surface area contributed by atoms with E-state index in [1.165, 1.54) is 0 Å². The molecule has 0 aliphatic carbocycles. The van der Waals surface area contributed by atoms with Crippen LogP contribution < -0.4 is 5.56 Å². The van der Waals surface area contributed by atoms with E-state index in [0.29, 0.717) is 29.3 Å². The van der Waals surface area contributed by atoms with Gasteiger partial charge in [-0.15, -0.1) is 0 Å². The van der Waals surface area contributed by atoms with E-state index >= 15 is 0 Å². The summed E-state index contributed by atoms with van der Waals surface area (Å²) in [5.41, 5.74) is 1.31. The molecule has 0 bridgehead atoms. The summed E-state index contributed by atoms with van der Waals surface area (Å²) < 4.78 is 1.71. The van der Waals surface area contributed by atoms with E-state index in [1.807, 2.05) is 37.3 Å². The molecule has 1 fully saturated rings. The number of benzene rings is 1. The predicted octanol–water partition coefficient (Wildman–Crippen LogP) is 1.63. The number of aromatic nitrogens is 4. The Balaban J connectivity index is 1.43. The summed E-state index contributed by atoms with van der Waals surface area (Å²) in [4.78, 5) is 24.7. The normalized spacial score (nSPS) is 17.1. The lowest BCUT2D eigenvalue weighted by molar-refractivity contribution is 0.0917. The van der Waals surface area contributed by atoms with Crippen molar-refractivity contribution in [2.24, 2.45) is 5.92 Å². The molecule has 8 nitrogen and oxygen atoms in total. The second-order valence-corrected chi connectivity index (χ2v) is 8.43. The molecule has 160 valence electrons. The third-order valence-electron chi connectivity index (χ3n) is 5.71. The number of hydrogen-bond acceptors (Lipinski definition) is 6. The van der Waals surface area contributed by atoms with Crippen LogP contribution in [0, 0.1) is 5.92 Å². The topological polar surface area (TPSA) is 90.3 Å². The zero-order chi connectivity index (χ0) is 21.1. The monoisotopic (exact) mass is 410 g/mol. The van der Waals surface area contributed by atoms with Crippen molar-refractivity contribution in [2.45, 2.75) is 32.4 Å². The zero-order valence-corrected chi connectivity index (χ0v) is 17.7. The number of H-pyrrole nitrogens is 1. The fourth-order valence-corrected chi connectivity index (χ4v) is 4.28. The summed E-state index contributed by atoms with van der Waals surface area (Å²) in [6.45, 7) is 6.19. The highest BCUT2D eigenvalue weighted by molar-refractivity contribution is 5.75. The van der Waals surface area contributed by atoms with Crippen molar-refractivity contribution in [3.05, 3.63) is 52.7 Å². The number of nitrogens with zero attached hydrogens (tertiary/aromatic N) is 5. The molecule has 2 aromatic heterocycles. The van der Waals surface area contributed by atoms with Crippen LogP contribution in [0.4, 0.5) is 0 Å². The number of hydrogen-bond donors (Lipinski definition) is 2. The Morgan fingerprint density at radius 2 is 2.00 bits per heavy atom. The Kier molecular flexibility index (Phi) is 6.26. The van der Waals surface area contributed by atoms with Gasteiger partial charge in [-0.1, -0.05) is 18.2 Å². The molecule has 1 aliphatic rings. The molecule has 0 saturated carbocycles. The molecule has 1 aliphatic heterocycles. The van der Waals surface area contributed by atoms with Crippen molar-refractivity contribution in [1.29, 1.82) is 0 Å². The molecule has 2 N–H and O–H groups in total. The molecule has 0 amide bonds. The molecule has 0 radical (unpaired) electrons. The van der Waals surface area contributed by atoms with Crippen LogP contribution in [-0.2, 0) is 6.54 Å². The number of likely N-dealkylation sites (tertiary alicyclic amines) is 1. The molecule has 4 rings (SSSR count). The number of β-amino-alcohol motifs (C(OH)–C–C–N with tert-alkyl or cyclic N) is 1. The van der Waals surface area contributed by atoms with Crippen molar-refractivity contribution in [3.8, 4) is 5.69 Å². The van der Waals surface area contributed by atoms with Crippen LogP contribution in [0.1, 0.15) is 25.6 Å². The van der Waals surface area contributed by atoms with Gasteiger partial charge in [0.2, 0.25) is 0 Å². The smallest absolute Gasteiger partial charge is 0.262 e. The van der Waals surface area contributed by atoms with Crippen molar-refractivity contribution in [1.82, 2.24) is 29.5 Å². The van der Waals surface area contributed by atoms with Crippen LogP contribution >= 0.6 is 0 Å². The van der Waals surface area contributed by atoms with Gasteiger partial charge in [0.1, 0.15) is 11.2 Å². The molecule has 1 saturated heterocycles. The predicted molar refractivity (Wildman–Crippen MR) is 117 cm³/mol. The molecular weight excluding hydrogens is 380 g/mol. The van der Waals surface area contributed by atoms with Crippen LogP contribution in [0.3, 0.4) is 0 Å². The molecule has 30 heavy (non-hydrogen) atoms. The summed E-state index contributed by atoms with van der Waals surface area (Å²) in [6.07, 6.45) is 3.55. The highest BCUT2D eigenvalue weighted by Crippen LogP contribution is 2.19. The van der Waals surface area contributed by atoms with Crippen LogP contribution in [0.5, 0.6) is 0 Å². The third kappa shape index (κ3) is 4.77. The Bertz CT molecular complexity index is 1020. The van der Waals surface area contributed by atoms with Gasteiger partial charge >= 0.3 is 0 Å². The molecule has 3 heterocycles. The fraction of sp³-hybridized carbons (Fsp3) is 0.500. The number of fused-ring (bicyclic) bond motifs is 1.